The number of rotatable bonds is 6. The molecule has 1 heterocycles. The van der Waals surface area contributed by atoms with Crippen molar-refractivity contribution in [1.29, 1.82) is 0 Å². The highest BCUT2D eigenvalue weighted by Crippen LogP contribution is 2.27. The summed E-state index contributed by atoms with van der Waals surface area (Å²) in [6.45, 7) is 0.543. The zero-order valence-corrected chi connectivity index (χ0v) is 12.1. The molecule has 1 aromatic carbocycles. The molecule has 0 spiro atoms. The lowest BCUT2D eigenvalue weighted by atomic mass is 10.2. The van der Waals surface area contributed by atoms with Crippen molar-refractivity contribution < 1.29 is 18.0 Å². The quantitative estimate of drug-likeness (QED) is 0.857. The normalized spacial score (nSPS) is 11.1. The van der Waals surface area contributed by atoms with Crippen LogP contribution in [-0.2, 0) is 17.5 Å². The van der Waals surface area contributed by atoms with Crippen molar-refractivity contribution in [3.8, 4) is 0 Å². The molecule has 0 bridgehead atoms. The highest BCUT2D eigenvalue weighted by Gasteiger charge is 2.32. The van der Waals surface area contributed by atoms with Gasteiger partial charge in [0, 0.05) is 25.7 Å². The average Bonchev–Trinajstić information content (AvgIpc) is 2.53. The third kappa shape index (κ3) is 5.57. The van der Waals surface area contributed by atoms with Gasteiger partial charge < -0.3 is 10.6 Å². The average molecular weight is 324 g/mol. The summed E-state index contributed by atoms with van der Waals surface area (Å²) in [7, 11) is 0. The minimum absolute atomic E-state index is 0.104. The number of hydrogen-bond acceptors (Lipinski definition) is 4. The van der Waals surface area contributed by atoms with E-state index in [0.717, 1.165) is 17.8 Å². The number of nitrogens with zero attached hydrogens (tertiary/aromatic N) is 2. The lowest BCUT2D eigenvalue weighted by Gasteiger charge is -2.09. The van der Waals surface area contributed by atoms with E-state index in [2.05, 4.69) is 20.6 Å². The molecule has 122 valence electrons. The molecule has 0 saturated carbocycles. The van der Waals surface area contributed by atoms with E-state index in [9.17, 15) is 18.0 Å². The molecule has 1 aromatic heterocycles. The summed E-state index contributed by atoms with van der Waals surface area (Å²) in [5.41, 5.74) is -0.0569. The van der Waals surface area contributed by atoms with E-state index in [1.165, 1.54) is 0 Å². The van der Waals surface area contributed by atoms with Gasteiger partial charge in [-0.15, -0.1) is 0 Å². The zero-order valence-electron chi connectivity index (χ0n) is 12.1. The molecule has 2 rings (SSSR count). The Bertz CT molecular complexity index is 647. The van der Waals surface area contributed by atoms with E-state index < -0.39 is 11.9 Å². The molecule has 2 N–H and O–H groups in total. The molecule has 1 amide bonds. The highest BCUT2D eigenvalue weighted by molar-refractivity contribution is 5.76. The van der Waals surface area contributed by atoms with Crippen molar-refractivity contribution in [3.63, 3.8) is 0 Å². The van der Waals surface area contributed by atoms with Gasteiger partial charge >= 0.3 is 6.18 Å². The summed E-state index contributed by atoms with van der Waals surface area (Å²) >= 11 is 0. The van der Waals surface area contributed by atoms with Crippen molar-refractivity contribution >= 4 is 11.9 Å². The van der Waals surface area contributed by atoms with Crippen LogP contribution in [0.5, 0.6) is 0 Å². The van der Waals surface area contributed by atoms with Gasteiger partial charge in [0.25, 0.3) is 0 Å². The number of alkyl halides is 3. The number of aromatic nitrogens is 2. The summed E-state index contributed by atoms with van der Waals surface area (Å²) < 4.78 is 37.5. The zero-order chi connectivity index (χ0) is 16.7. The summed E-state index contributed by atoms with van der Waals surface area (Å²) in [5, 5.41) is 5.32. The van der Waals surface area contributed by atoms with Gasteiger partial charge in [-0.3, -0.25) is 4.79 Å². The lowest BCUT2D eigenvalue weighted by molar-refractivity contribution is -0.141. The Balaban J connectivity index is 1.75. The molecule has 0 radical (unpaired) electrons. The number of halogens is 3. The van der Waals surface area contributed by atoms with Crippen LogP contribution < -0.4 is 10.6 Å². The SMILES string of the molecule is O=C(CCNc1nccc(C(F)(F)F)n1)NCc1ccccc1. The molecule has 8 heteroatoms. The van der Waals surface area contributed by atoms with Gasteiger partial charge in [-0.05, 0) is 11.6 Å². The third-order valence-corrected chi connectivity index (χ3v) is 2.91. The number of anilines is 1. The van der Waals surface area contributed by atoms with Crippen molar-refractivity contribution in [2.75, 3.05) is 11.9 Å². The fourth-order valence-corrected chi connectivity index (χ4v) is 1.77. The molecule has 0 aliphatic carbocycles. The molecule has 0 fully saturated rings. The van der Waals surface area contributed by atoms with Gasteiger partial charge in [-0.2, -0.15) is 13.2 Å². The summed E-state index contributed by atoms with van der Waals surface area (Å²) in [6, 6.07) is 10.2. The van der Waals surface area contributed by atoms with Crippen molar-refractivity contribution in [3.05, 3.63) is 53.9 Å². The Morgan fingerprint density at radius 1 is 1.13 bits per heavy atom. The second-order valence-electron chi connectivity index (χ2n) is 4.70. The smallest absolute Gasteiger partial charge is 0.354 e. The Morgan fingerprint density at radius 3 is 2.57 bits per heavy atom. The fraction of sp³-hybridized carbons (Fsp3) is 0.267. The van der Waals surface area contributed by atoms with Crippen LogP contribution in [0.4, 0.5) is 19.1 Å². The molecule has 5 nitrogen and oxygen atoms in total. The summed E-state index contributed by atoms with van der Waals surface area (Å²) in [4.78, 5) is 18.7. The van der Waals surface area contributed by atoms with Gasteiger partial charge in [-0.25, -0.2) is 9.97 Å². The fourth-order valence-electron chi connectivity index (χ4n) is 1.77. The summed E-state index contributed by atoms with van der Waals surface area (Å²) in [6.07, 6.45) is -3.40. The van der Waals surface area contributed by atoms with Gasteiger partial charge in [0.05, 0.1) is 0 Å². The first kappa shape index (κ1) is 16.7. The van der Waals surface area contributed by atoms with Crippen LogP contribution in [0.25, 0.3) is 0 Å². The molecule has 0 saturated heterocycles. The van der Waals surface area contributed by atoms with Crippen LogP contribution in [-0.4, -0.2) is 22.4 Å². The Kier molecular flexibility index (Phi) is 5.51. The van der Waals surface area contributed by atoms with Gasteiger partial charge in [-0.1, -0.05) is 30.3 Å². The standard InChI is InChI=1S/C15H15F3N4O/c16-15(17,18)12-6-8-19-14(22-12)20-9-7-13(23)21-10-11-4-2-1-3-5-11/h1-6,8H,7,9-10H2,(H,21,23)(H,19,20,22). The minimum Gasteiger partial charge on any atom is -0.354 e. The maximum atomic E-state index is 12.5. The van der Waals surface area contributed by atoms with E-state index in [-0.39, 0.29) is 24.8 Å². The van der Waals surface area contributed by atoms with Gasteiger partial charge in [0.1, 0.15) is 5.69 Å². The van der Waals surface area contributed by atoms with Crippen molar-refractivity contribution in [2.24, 2.45) is 0 Å². The van der Waals surface area contributed by atoms with E-state index in [1.54, 1.807) is 0 Å². The monoisotopic (exact) mass is 324 g/mol. The van der Waals surface area contributed by atoms with Crippen LogP contribution in [0, 0.1) is 0 Å². The predicted molar refractivity (Wildman–Crippen MR) is 78.4 cm³/mol. The van der Waals surface area contributed by atoms with Crippen molar-refractivity contribution in [2.45, 2.75) is 19.1 Å². The van der Waals surface area contributed by atoms with Crippen LogP contribution in [0.3, 0.4) is 0 Å². The first-order valence-corrected chi connectivity index (χ1v) is 6.90. The third-order valence-electron chi connectivity index (χ3n) is 2.91. The molecule has 0 aliphatic rings. The van der Waals surface area contributed by atoms with Gasteiger partial charge in [0.15, 0.2) is 0 Å². The predicted octanol–water partition coefficient (Wildman–Crippen LogP) is 2.61. The van der Waals surface area contributed by atoms with E-state index >= 15 is 0 Å². The number of carbonyl (C=O) groups is 1. The molecule has 2 aromatic rings. The van der Waals surface area contributed by atoms with E-state index in [4.69, 9.17) is 0 Å². The lowest BCUT2D eigenvalue weighted by Crippen LogP contribution is -2.25. The van der Waals surface area contributed by atoms with Gasteiger partial charge in [0.2, 0.25) is 11.9 Å². The molecule has 0 atom stereocenters. The first-order chi connectivity index (χ1) is 10.9. The van der Waals surface area contributed by atoms with Crippen LogP contribution >= 0.6 is 0 Å². The summed E-state index contributed by atoms with van der Waals surface area (Å²) in [5.74, 6) is -0.371. The maximum absolute atomic E-state index is 12.5. The van der Waals surface area contributed by atoms with Crippen LogP contribution in [0.15, 0.2) is 42.6 Å². The number of amides is 1. The first-order valence-electron chi connectivity index (χ1n) is 6.90. The Hall–Kier alpha value is -2.64. The number of nitrogens with one attached hydrogen (secondary N) is 2. The van der Waals surface area contributed by atoms with Crippen molar-refractivity contribution in [1.82, 2.24) is 15.3 Å². The topological polar surface area (TPSA) is 66.9 Å². The molecular weight excluding hydrogens is 309 g/mol. The number of benzene rings is 1. The molecule has 0 aliphatic heterocycles. The Morgan fingerprint density at radius 2 is 1.87 bits per heavy atom. The van der Waals surface area contributed by atoms with E-state index in [0.29, 0.717) is 6.54 Å². The minimum atomic E-state index is -4.52. The number of carbonyl (C=O) groups excluding carboxylic acids is 1. The highest BCUT2D eigenvalue weighted by atomic mass is 19.4. The molecular formula is C15H15F3N4O. The maximum Gasteiger partial charge on any atom is 0.433 e. The van der Waals surface area contributed by atoms with Crippen LogP contribution in [0.1, 0.15) is 17.7 Å². The van der Waals surface area contributed by atoms with E-state index in [1.807, 2.05) is 30.3 Å². The molecule has 0 unspecified atom stereocenters. The second kappa shape index (κ2) is 7.57. The number of hydrogen-bond donors (Lipinski definition) is 2. The van der Waals surface area contributed by atoms with Crippen LogP contribution in [0.2, 0.25) is 0 Å². The second-order valence-corrected chi connectivity index (χ2v) is 4.70. The largest absolute Gasteiger partial charge is 0.433 e. The Labute approximate surface area is 131 Å². The molecule has 23 heavy (non-hydrogen) atoms.